The first kappa shape index (κ1) is 12.0. The average molecular weight is 200 g/mol. The van der Waals surface area contributed by atoms with Crippen LogP contribution >= 0.6 is 0 Å². The fourth-order valence-electron chi connectivity index (χ4n) is 1.76. The van der Waals surface area contributed by atoms with E-state index in [4.69, 9.17) is 10.6 Å². The molecule has 1 atom stereocenters. The lowest BCUT2D eigenvalue weighted by Gasteiger charge is -2.28. The maximum Gasteiger partial charge on any atom is 0.0638 e. The number of ether oxygens (including phenoxy) is 1. The second-order valence-electron chi connectivity index (χ2n) is 5.05. The van der Waals surface area contributed by atoms with Gasteiger partial charge in [-0.3, -0.25) is 11.3 Å². The van der Waals surface area contributed by atoms with Gasteiger partial charge in [-0.2, -0.15) is 0 Å². The highest BCUT2D eigenvalue weighted by molar-refractivity contribution is 4.80. The van der Waals surface area contributed by atoms with Crippen molar-refractivity contribution in [3.63, 3.8) is 0 Å². The Morgan fingerprint density at radius 3 is 2.57 bits per heavy atom. The molecule has 0 aromatic heterocycles. The molecule has 3 N–H and O–H groups in total. The van der Waals surface area contributed by atoms with Gasteiger partial charge < -0.3 is 4.74 Å². The molecule has 0 heterocycles. The third-order valence-corrected chi connectivity index (χ3v) is 3.15. The molecule has 1 fully saturated rings. The summed E-state index contributed by atoms with van der Waals surface area (Å²) in [5.74, 6) is 6.52. The van der Waals surface area contributed by atoms with Crippen LogP contribution in [0.25, 0.3) is 0 Å². The molecule has 1 saturated carbocycles. The van der Waals surface area contributed by atoms with Gasteiger partial charge in [0.2, 0.25) is 0 Å². The van der Waals surface area contributed by atoms with Crippen LogP contribution in [0.5, 0.6) is 0 Å². The van der Waals surface area contributed by atoms with Crippen LogP contribution in [-0.2, 0) is 4.74 Å². The number of nitrogens with two attached hydrogens (primary N) is 1. The average Bonchev–Trinajstić information content (AvgIpc) is 2.95. The number of hydrogen-bond acceptors (Lipinski definition) is 3. The molecule has 0 amide bonds. The molecule has 14 heavy (non-hydrogen) atoms. The third-order valence-electron chi connectivity index (χ3n) is 3.15. The van der Waals surface area contributed by atoms with Gasteiger partial charge in [-0.15, -0.1) is 0 Å². The van der Waals surface area contributed by atoms with E-state index in [1.807, 2.05) is 0 Å². The van der Waals surface area contributed by atoms with E-state index < -0.39 is 0 Å². The highest BCUT2D eigenvalue weighted by atomic mass is 16.5. The Hall–Kier alpha value is -0.120. The molecule has 0 saturated heterocycles. The fourth-order valence-corrected chi connectivity index (χ4v) is 1.76. The van der Waals surface area contributed by atoms with Crippen LogP contribution in [-0.4, -0.2) is 18.8 Å². The molecule has 1 rings (SSSR count). The molecule has 1 aliphatic rings. The van der Waals surface area contributed by atoms with E-state index in [1.165, 1.54) is 25.7 Å². The Morgan fingerprint density at radius 1 is 1.50 bits per heavy atom. The van der Waals surface area contributed by atoms with Crippen LogP contribution in [0.1, 0.15) is 46.0 Å². The molecule has 84 valence electrons. The SMILES string of the molecule is COC(C)(C)CC(CCC1CC1)NN. The summed E-state index contributed by atoms with van der Waals surface area (Å²) < 4.78 is 5.40. The minimum absolute atomic E-state index is 0.0689. The molecule has 3 heteroatoms. The van der Waals surface area contributed by atoms with Crippen LogP contribution in [0.2, 0.25) is 0 Å². The first-order valence-electron chi connectivity index (χ1n) is 5.58. The zero-order valence-corrected chi connectivity index (χ0v) is 9.68. The van der Waals surface area contributed by atoms with E-state index in [1.54, 1.807) is 7.11 Å². The second kappa shape index (κ2) is 5.10. The Labute approximate surface area is 87.4 Å². The normalized spacial score (nSPS) is 19.7. The molecule has 1 aliphatic carbocycles. The number of hydrogen-bond donors (Lipinski definition) is 2. The summed E-state index contributed by atoms with van der Waals surface area (Å²) in [5.41, 5.74) is 2.83. The summed E-state index contributed by atoms with van der Waals surface area (Å²) in [7, 11) is 1.76. The lowest BCUT2D eigenvalue weighted by molar-refractivity contribution is 0.00609. The summed E-state index contributed by atoms with van der Waals surface area (Å²) in [5, 5.41) is 0. The molecule has 1 unspecified atom stereocenters. The van der Waals surface area contributed by atoms with Crippen molar-refractivity contribution in [2.24, 2.45) is 11.8 Å². The van der Waals surface area contributed by atoms with Gasteiger partial charge in [-0.25, -0.2) is 0 Å². The van der Waals surface area contributed by atoms with Gasteiger partial charge >= 0.3 is 0 Å². The first-order valence-corrected chi connectivity index (χ1v) is 5.58. The molecule has 0 radical (unpaired) electrons. The monoisotopic (exact) mass is 200 g/mol. The zero-order chi connectivity index (χ0) is 10.6. The molecular formula is C11H24N2O. The summed E-state index contributed by atoms with van der Waals surface area (Å²) in [6.07, 6.45) is 6.31. The Bertz CT molecular complexity index is 167. The van der Waals surface area contributed by atoms with Crippen molar-refractivity contribution in [2.45, 2.75) is 57.6 Å². The summed E-state index contributed by atoms with van der Waals surface area (Å²) in [6, 6.07) is 0.394. The molecule has 3 nitrogen and oxygen atoms in total. The predicted molar refractivity (Wildman–Crippen MR) is 58.8 cm³/mol. The highest BCUT2D eigenvalue weighted by Gasteiger charge is 2.25. The van der Waals surface area contributed by atoms with Crippen molar-refractivity contribution in [3.8, 4) is 0 Å². The van der Waals surface area contributed by atoms with Crippen molar-refractivity contribution < 1.29 is 4.74 Å². The molecule has 0 aliphatic heterocycles. The van der Waals surface area contributed by atoms with Crippen LogP contribution in [0.4, 0.5) is 0 Å². The van der Waals surface area contributed by atoms with Crippen LogP contribution in [0.3, 0.4) is 0 Å². The maximum atomic E-state index is 5.54. The number of hydrazine groups is 1. The Balaban J connectivity index is 2.21. The van der Waals surface area contributed by atoms with E-state index >= 15 is 0 Å². The van der Waals surface area contributed by atoms with Crippen molar-refractivity contribution in [1.29, 1.82) is 0 Å². The topological polar surface area (TPSA) is 47.3 Å². The Morgan fingerprint density at radius 2 is 2.14 bits per heavy atom. The smallest absolute Gasteiger partial charge is 0.0638 e. The number of rotatable bonds is 7. The van der Waals surface area contributed by atoms with E-state index in [0.717, 1.165) is 12.3 Å². The van der Waals surface area contributed by atoms with Crippen molar-refractivity contribution in [3.05, 3.63) is 0 Å². The predicted octanol–water partition coefficient (Wildman–Crippen LogP) is 1.82. The standard InChI is InChI=1S/C11H24N2O/c1-11(2,14-3)8-10(13-12)7-6-9-4-5-9/h9-10,13H,4-8,12H2,1-3H3. The third kappa shape index (κ3) is 4.40. The largest absolute Gasteiger partial charge is 0.379 e. The van der Waals surface area contributed by atoms with Gasteiger partial charge in [0.05, 0.1) is 5.60 Å². The van der Waals surface area contributed by atoms with E-state index in [9.17, 15) is 0 Å². The minimum Gasteiger partial charge on any atom is -0.379 e. The van der Waals surface area contributed by atoms with Crippen LogP contribution < -0.4 is 11.3 Å². The number of methoxy groups -OCH3 is 1. The van der Waals surface area contributed by atoms with E-state index in [0.29, 0.717) is 6.04 Å². The lowest BCUT2D eigenvalue weighted by atomic mass is 9.95. The van der Waals surface area contributed by atoms with E-state index in [2.05, 4.69) is 19.3 Å². The Kier molecular flexibility index (Phi) is 4.35. The van der Waals surface area contributed by atoms with Crippen molar-refractivity contribution in [1.82, 2.24) is 5.43 Å². The maximum absolute atomic E-state index is 5.54. The van der Waals surface area contributed by atoms with Gasteiger partial charge in [-0.1, -0.05) is 12.8 Å². The molecule has 0 aromatic rings. The minimum atomic E-state index is -0.0689. The van der Waals surface area contributed by atoms with Crippen LogP contribution in [0.15, 0.2) is 0 Å². The quantitative estimate of drug-likeness (QED) is 0.487. The van der Waals surface area contributed by atoms with Gasteiger partial charge in [0.15, 0.2) is 0 Å². The first-order chi connectivity index (χ1) is 6.57. The summed E-state index contributed by atoms with van der Waals surface area (Å²) in [4.78, 5) is 0. The van der Waals surface area contributed by atoms with Crippen molar-refractivity contribution >= 4 is 0 Å². The molecule has 0 spiro atoms. The van der Waals surface area contributed by atoms with E-state index in [-0.39, 0.29) is 5.60 Å². The molecule has 0 bridgehead atoms. The zero-order valence-electron chi connectivity index (χ0n) is 9.68. The molecule has 0 aromatic carbocycles. The molecular weight excluding hydrogens is 176 g/mol. The van der Waals surface area contributed by atoms with Gasteiger partial charge in [0.1, 0.15) is 0 Å². The lowest BCUT2D eigenvalue weighted by Crippen LogP contribution is -2.41. The van der Waals surface area contributed by atoms with Gasteiger partial charge in [-0.05, 0) is 39.0 Å². The summed E-state index contributed by atoms with van der Waals surface area (Å²) in [6.45, 7) is 4.21. The summed E-state index contributed by atoms with van der Waals surface area (Å²) >= 11 is 0. The number of nitrogens with one attached hydrogen (secondary N) is 1. The van der Waals surface area contributed by atoms with Gasteiger partial charge in [0, 0.05) is 13.2 Å². The van der Waals surface area contributed by atoms with Gasteiger partial charge in [0.25, 0.3) is 0 Å². The van der Waals surface area contributed by atoms with Crippen molar-refractivity contribution in [2.75, 3.05) is 7.11 Å². The second-order valence-corrected chi connectivity index (χ2v) is 5.05. The highest BCUT2D eigenvalue weighted by Crippen LogP contribution is 2.34. The van der Waals surface area contributed by atoms with Crippen LogP contribution in [0, 0.1) is 5.92 Å². The fraction of sp³-hybridized carbons (Fsp3) is 1.00.